The SMILES string of the molecule is CCCCCCCCC(CCC)N(CC(=O)[O-])C(CCC)CCCCCCCC.[K+]. The second-order valence-corrected chi connectivity index (χ2v) is 9.04. The molecule has 3 nitrogen and oxygen atoms in total. The third kappa shape index (κ3) is 18.6. The van der Waals surface area contributed by atoms with E-state index in [-0.39, 0.29) is 57.9 Å². The minimum absolute atomic E-state index is 0. The molecule has 0 N–H and O–H groups in total. The van der Waals surface area contributed by atoms with Gasteiger partial charge in [-0.1, -0.05) is 118 Å². The van der Waals surface area contributed by atoms with Gasteiger partial charge in [0.25, 0.3) is 0 Å². The number of carbonyl (C=O) groups is 1. The molecule has 2 atom stereocenters. The van der Waals surface area contributed by atoms with E-state index in [2.05, 4.69) is 32.6 Å². The van der Waals surface area contributed by atoms with Gasteiger partial charge in [0, 0.05) is 18.6 Å². The molecule has 0 aromatic heterocycles. The van der Waals surface area contributed by atoms with Crippen LogP contribution in [0.25, 0.3) is 0 Å². The largest absolute Gasteiger partial charge is 1.00 e. The van der Waals surface area contributed by atoms with E-state index >= 15 is 0 Å². The van der Waals surface area contributed by atoms with Gasteiger partial charge >= 0.3 is 51.4 Å². The molecule has 4 heteroatoms. The smallest absolute Gasteiger partial charge is 0.549 e. The number of rotatable bonds is 22. The van der Waals surface area contributed by atoms with E-state index in [1.165, 1.54) is 77.0 Å². The van der Waals surface area contributed by atoms with Crippen molar-refractivity contribution in [1.82, 2.24) is 4.90 Å². The molecule has 0 radical (unpaired) electrons. The zero-order valence-corrected chi connectivity index (χ0v) is 24.5. The zero-order valence-electron chi connectivity index (χ0n) is 21.4. The van der Waals surface area contributed by atoms with Crippen LogP contribution in [0.5, 0.6) is 0 Å². The fourth-order valence-corrected chi connectivity index (χ4v) is 4.64. The molecule has 0 saturated carbocycles. The van der Waals surface area contributed by atoms with Gasteiger partial charge in [0.2, 0.25) is 0 Å². The fourth-order valence-electron chi connectivity index (χ4n) is 4.64. The van der Waals surface area contributed by atoms with Gasteiger partial charge in [-0.2, -0.15) is 0 Å². The summed E-state index contributed by atoms with van der Waals surface area (Å²) in [5.74, 6) is -0.905. The van der Waals surface area contributed by atoms with Crippen molar-refractivity contribution in [3.05, 3.63) is 0 Å². The number of nitrogens with zero attached hydrogens (tertiary/aromatic N) is 1. The van der Waals surface area contributed by atoms with E-state index in [0.29, 0.717) is 12.1 Å². The summed E-state index contributed by atoms with van der Waals surface area (Å²) < 4.78 is 0. The van der Waals surface area contributed by atoms with Crippen LogP contribution in [0.15, 0.2) is 0 Å². The maximum Gasteiger partial charge on any atom is 1.00 e. The quantitative estimate of drug-likeness (QED) is 0.186. The molecule has 0 aromatic carbocycles. The molecule has 0 aliphatic rings. The van der Waals surface area contributed by atoms with Crippen LogP contribution >= 0.6 is 0 Å². The van der Waals surface area contributed by atoms with Crippen molar-refractivity contribution in [2.45, 2.75) is 155 Å². The molecular weight excluding hydrogens is 397 g/mol. The van der Waals surface area contributed by atoms with E-state index in [1.54, 1.807) is 0 Å². The zero-order chi connectivity index (χ0) is 21.7. The second kappa shape index (κ2) is 24.7. The van der Waals surface area contributed by atoms with Crippen LogP contribution in [-0.2, 0) is 4.79 Å². The number of carboxylic acids is 1. The summed E-state index contributed by atoms with van der Waals surface area (Å²) in [6, 6.07) is 0.807. The van der Waals surface area contributed by atoms with Gasteiger partial charge in [-0.3, -0.25) is 4.90 Å². The Morgan fingerprint density at radius 2 is 0.967 bits per heavy atom. The van der Waals surface area contributed by atoms with Crippen LogP contribution in [0, 0.1) is 0 Å². The van der Waals surface area contributed by atoms with Crippen LogP contribution in [0.3, 0.4) is 0 Å². The topological polar surface area (TPSA) is 43.4 Å². The Labute approximate surface area is 232 Å². The van der Waals surface area contributed by atoms with Crippen LogP contribution in [0.2, 0.25) is 0 Å². The Kier molecular flexibility index (Phi) is 27.4. The van der Waals surface area contributed by atoms with Gasteiger partial charge in [0.05, 0.1) is 5.97 Å². The van der Waals surface area contributed by atoms with Crippen molar-refractivity contribution in [3.63, 3.8) is 0 Å². The van der Waals surface area contributed by atoms with Gasteiger partial charge < -0.3 is 9.90 Å². The van der Waals surface area contributed by atoms with E-state index in [1.807, 2.05) is 0 Å². The van der Waals surface area contributed by atoms with E-state index in [4.69, 9.17) is 0 Å². The average molecular weight is 450 g/mol. The third-order valence-electron chi connectivity index (χ3n) is 6.28. The Bertz CT molecular complexity index is 339. The Morgan fingerprint density at radius 3 is 1.30 bits per heavy atom. The van der Waals surface area contributed by atoms with E-state index in [9.17, 15) is 9.90 Å². The minimum atomic E-state index is -0.905. The van der Waals surface area contributed by atoms with Crippen molar-refractivity contribution in [2.24, 2.45) is 0 Å². The molecule has 2 unspecified atom stereocenters. The summed E-state index contributed by atoms with van der Waals surface area (Å²) in [5, 5.41) is 11.6. The molecular formula is C26H52KNO2. The molecule has 0 fully saturated rings. The first kappa shape index (κ1) is 33.2. The molecule has 0 spiro atoms. The molecule has 30 heavy (non-hydrogen) atoms. The second-order valence-electron chi connectivity index (χ2n) is 9.04. The van der Waals surface area contributed by atoms with Crippen molar-refractivity contribution in [3.8, 4) is 0 Å². The maximum absolute atomic E-state index is 11.6. The van der Waals surface area contributed by atoms with Gasteiger partial charge in [0.15, 0.2) is 0 Å². The number of carboxylic acid groups (broad SMARTS) is 1. The number of carbonyl (C=O) groups excluding carboxylic acids is 1. The maximum atomic E-state index is 11.6. The van der Waals surface area contributed by atoms with Crippen LogP contribution in [-0.4, -0.2) is 29.5 Å². The van der Waals surface area contributed by atoms with Gasteiger partial charge in [-0.15, -0.1) is 0 Å². The summed E-state index contributed by atoms with van der Waals surface area (Å²) in [6.07, 6.45) is 22.4. The predicted molar refractivity (Wildman–Crippen MR) is 125 cm³/mol. The first-order valence-electron chi connectivity index (χ1n) is 13.1. The summed E-state index contributed by atoms with van der Waals surface area (Å²) in [6.45, 7) is 9.09. The Hall–Kier alpha value is 1.07. The molecule has 0 aliphatic heterocycles. The minimum Gasteiger partial charge on any atom is -0.549 e. The molecule has 0 aliphatic carbocycles. The molecule has 0 rings (SSSR count). The van der Waals surface area contributed by atoms with Crippen molar-refractivity contribution >= 4 is 5.97 Å². The third-order valence-corrected chi connectivity index (χ3v) is 6.28. The monoisotopic (exact) mass is 449 g/mol. The van der Waals surface area contributed by atoms with Crippen molar-refractivity contribution in [2.75, 3.05) is 6.54 Å². The summed E-state index contributed by atoms with van der Waals surface area (Å²) in [4.78, 5) is 13.9. The summed E-state index contributed by atoms with van der Waals surface area (Å²) in [7, 11) is 0. The van der Waals surface area contributed by atoms with E-state index < -0.39 is 5.97 Å². The van der Waals surface area contributed by atoms with Crippen LogP contribution < -0.4 is 56.5 Å². The summed E-state index contributed by atoms with van der Waals surface area (Å²) in [5.41, 5.74) is 0. The normalized spacial score (nSPS) is 13.2. The first-order valence-corrected chi connectivity index (χ1v) is 13.1. The summed E-state index contributed by atoms with van der Waals surface area (Å²) >= 11 is 0. The van der Waals surface area contributed by atoms with Gasteiger partial charge in [-0.25, -0.2) is 0 Å². The van der Waals surface area contributed by atoms with E-state index in [0.717, 1.165) is 38.5 Å². The number of hydrogen-bond acceptors (Lipinski definition) is 3. The predicted octanol–water partition coefficient (Wildman–Crippen LogP) is 3.88. The molecule has 0 heterocycles. The number of aliphatic carboxylic acids is 1. The molecule has 0 aromatic rings. The molecule has 0 bridgehead atoms. The Balaban J connectivity index is 0. The molecule has 0 saturated heterocycles. The van der Waals surface area contributed by atoms with Gasteiger partial charge in [0.1, 0.15) is 0 Å². The number of unbranched alkanes of at least 4 members (excludes halogenated alkanes) is 10. The van der Waals surface area contributed by atoms with Crippen molar-refractivity contribution < 1.29 is 61.3 Å². The standard InChI is InChI=1S/C26H53NO2.K/c1-5-9-11-13-15-17-21-24(19-7-3)27(23-26(28)29)25(20-8-4)22-18-16-14-12-10-6-2;/h24-25H,5-23H2,1-4H3,(H,28,29);/q;+1/p-1. The molecule has 0 amide bonds. The van der Waals surface area contributed by atoms with Crippen LogP contribution in [0.1, 0.15) is 143 Å². The number of hydrogen-bond donors (Lipinski definition) is 0. The van der Waals surface area contributed by atoms with Crippen LogP contribution in [0.4, 0.5) is 0 Å². The Morgan fingerprint density at radius 1 is 0.600 bits per heavy atom. The first-order chi connectivity index (χ1) is 14.1. The molecule has 174 valence electrons. The fraction of sp³-hybridized carbons (Fsp3) is 0.962. The van der Waals surface area contributed by atoms with Crippen molar-refractivity contribution in [1.29, 1.82) is 0 Å². The van der Waals surface area contributed by atoms with Gasteiger partial charge in [-0.05, 0) is 25.7 Å². The average Bonchev–Trinajstić information content (AvgIpc) is 2.69.